The molecule has 1 aliphatic rings. The first-order chi connectivity index (χ1) is 10.7. The lowest BCUT2D eigenvalue weighted by atomic mass is 10.1. The van der Waals surface area contributed by atoms with Crippen LogP contribution in [0, 0.1) is 0 Å². The highest BCUT2D eigenvalue weighted by atomic mass is 16.5. The number of methoxy groups -OCH3 is 2. The Labute approximate surface area is 128 Å². The quantitative estimate of drug-likeness (QED) is 0.868. The van der Waals surface area contributed by atoms with Gasteiger partial charge in [0.25, 0.3) is 5.91 Å². The van der Waals surface area contributed by atoms with Gasteiger partial charge in [-0.1, -0.05) is 5.16 Å². The van der Waals surface area contributed by atoms with Gasteiger partial charge in [-0.2, -0.15) is 0 Å². The van der Waals surface area contributed by atoms with Gasteiger partial charge in [0.2, 0.25) is 0 Å². The highest BCUT2D eigenvalue weighted by molar-refractivity contribution is 5.93. The molecule has 0 aliphatic carbocycles. The predicted molar refractivity (Wildman–Crippen MR) is 80.2 cm³/mol. The lowest BCUT2D eigenvalue weighted by molar-refractivity contribution is 0.0782. The van der Waals surface area contributed by atoms with E-state index in [1.165, 1.54) is 0 Å². The zero-order valence-electron chi connectivity index (χ0n) is 12.7. The number of amides is 1. The zero-order chi connectivity index (χ0) is 15.5. The molecule has 0 radical (unpaired) electrons. The minimum absolute atomic E-state index is 0.0759. The fourth-order valence-electron chi connectivity index (χ4n) is 2.58. The van der Waals surface area contributed by atoms with Crippen LogP contribution in [-0.2, 0) is 0 Å². The Morgan fingerprint density at radius 3 is 2.55 bits per heavy atom. The van der Waals surface area contributed by atoms with Gasteiger partial charge in [-0.15, -0.1) is 0 Å². The number of hydrogen-bond acceptors (Lipinski definition) is 5. The van der Waals surface area contributed by atoms with Gasteiger partial charge in [0, 0.05) is 24.7 Å². The van der Waals surface area contributed by atoms with E-state index in [-0.39, 0.29) is 5.91 Å². The molecule has 1 aromatic heterocycles. The van der Waals surface area contributed by atoms with Gasteiger partial charge in [0.05, 0.1) is 14.2 Å². The Kier molecular flexibility index (Phi) is 4.00. The molecule has 2 heterocycles. The van der Waals surface area contributed by atoms with Crippen molar-refractivity contribution in [1.82, 2.24) is 10.1 Å². The molecule has 1 amide bonds. The third-order valence-electron chi connectivity index (χ3n) is 3.79. The molecule has 0 atom stereocenters. The molecule has 0 spiro atoms. The van der Waals surface area contributed by atoms with Crippen LogP contribution >= 0.6 is 0 Å². The van der Waals surface area contributed by atoms with Gasteiger partial charge >= 0.3 is 0 Å². The summed E-state index contributed by atoms with van der Waals surface area (Å²) >= 11 is 0. The Morgan fingerprint density at radius 1 is 1.14 bits per heavy atom. The molecular weight excluding hydrogens is 284 g/mol. The van der Waals surface area contributed by atoms with Gasteiger partial charge in [-0.05, 0) is 31.0 Å². The first-order valence-electron chi connectivity index (χ1n) is 7.21. The number of aromatic nitrogens is 1. The van der Waals surface area contributed by atoms with Gasteiger partial charge in [-0.3, -0.25) is 4.79 Å². The molecule has 6 nitrogen and oxygen atoms in total. The van der Waals surface area contributed by atoms with Crippen LogP contribution in [0.1, 0.15) is 23.3 Å². The van der Waals surface area contributed by atoms with Crippen LogP contribution in [0.25, 0.3) is 11.3 Å². The summed E-state index contributed by atoms with van der Waals surface area (Å²) in [6.07, 6.45) is 2.10. The highest BCUT2D eigenvalue weighted by Gasteiger charge is 2.23. The molecule has 3 rings (SSSR count). The van der Waals surface area contributed by atoms with E-state index >= 15 is 0 Å². The van der Waals surface area contributed by atoms with Crippen LogP contribution in [0.2, 0.25) is 0 Å². The Hall–Kier alpha value is -2.50. The monoisotopic (exact) mass is 302 g/mol. The van der Waals surface area contributed by atoms with Crippen molar-refractivity contribution in [3.8, 4) is 22.8 Å². The summed E-state index contributed by atoms with van der Waals surface area (Å²) in [6, 6.07) is 7.09. The first kappa shape index (κ1) is 14.4. The van der Waals surface area contributed by atoms with Crippen LogP contribution in [0.3, 0.4) is 0 Å². The molecule has 116 valence electrons. The zero-order valence-corrected chi connectivity index (χ0v) is 12.7. The summed E-state index contributed by atoms with van der Waals surface area (Å²) in [5.74, 6) is 1.69. The molecule has 1 aliphatic heterocycles. The third-order valence-corrected chi connectivity index (χ3v) is 3.79. The van der Waals surface area contributed by atoms with E-state index in [2.05, 4.69) is 5.16 Å². The van der Waals surface area contributed by atoms with Crippen molar-refractivity contribution in [3.05, 3.63) is 30.0 Å². The molecule has 1 fully saturated rings. The number of rotatable bonds is 4. The fourth-order valence-corrected chi connectivity index (χ4v) is 2.58. The number of hydrogen-bond donors (Lipinski definition) is 0. The molecule has 0 unspecified atom stereocenters. The largest absolute Gasteiger partial charge is 0.493 e. The van der Waals surface area contributed by atoms with E-state index in [9.17, 15) is 4.79 Å². The van der Waals surface area contributed by atoms with E-state index in [1.807, 2.05) is 6.07 Å². The van der Waals surface area contributed by atoms with Gasteiger partial charge in [-0.25, -0.2) is 0 Å². The number of benzene rings is 1. The van der Waals surface area contributed by atoms with Crippen molar-refractivity contribution in [2.75, 3.05) is 27.3 Å². The standard InChI is InChI=1S/C16H18N2O4/c1-20-13-6-5-11(9-15(13)21-2)14-10-12(17-22-14)16(19)18-7-3-4-8-18/h5-6,9-10H,3-4,7-8H2,1-2H3. The van der Waals surface area contributed by atoms with Crippen LogP contribution in [0.4, 0.5) is 0 Å². The van der Waals surface area contributed by atoms with Gasteiger partial charge in [0.1, 0.15) is 0 Å². The Balaban J connectivity index is 1.85. The topological polar surface area (TPSA) is 64.8 Å². The fraction of sp³-hybridized carbons (Fsp3) is 0.375. The van der Waals surface area contributed by atoms with Crippen molar-refractivity contribution in [2.24, 2.45) is 0 Å². The van der Waals surface area contributed by atoms with Crippen LogP contribution in [-0.4, -0.2) is 43.3 Å². The summed E-state index contributed by atoms with van der Waals surface area (Å²) in [6.45, 7) is 1.58. The lowest BCUT2D eigenvalue weighted by Crippen LogP contribution is -2.27. The van der Waals surface area contributed by atoms with Crippen molar-refractivity contribution < 1.29 is 18.8 Å². The van der Waals surface area contributed by atoms with E-state index < -0.39 is 0 Å². The van der Waals surface area contributed by atoms with E-state index in [0.29, 0.717) is 23.0 Å². The maximum atomic E-state index is 12.3. The molecule has 2 aromatic rings. The summed E-state index contributed by atoms with van der Waals surface area (Å²) in [5, 5.41) is 3.90. The van der Waals surface area contributed by atoms with Crippen molar-refractivity contribution in [1.29, 1.82) is 0 Å². The van der Waals surface area contributed by atoms with Gasteiger partial charge in [0.15, 0.2) is 23.0 Å². The van der Waals surface area contributed by atoms with E-state index in [1.54, 1.807) is 37.3 Å². The third kappa shape index (κ3) is 2.64. The average molecular weight is 302 g/mol. The normalized spacial score (nSPS) is 14.2. The molecule has 0 saturated carbocycles. The summed E-state index contributed by atoms with van der Waals surface area (Å²) < 4.78 is 15.8. The smallest absolute Gasteiger partial charge is 0.276 e. The molecule has 0 N–H and O–H groups in total. The van der Waals surface area contributed by atoms with Crippen LogP contribution in [0.15, 0.2) is 28.8 Å². The van der Waals surface area contributed by atoms with Crippen molar-refractivity contribution in [3.63, 3.8) is 0 Å². The van der Waals surface area contributed by atoms with Crippen molar-refractivity contribution >= 4 is 5.91 Å². The van der Waals surface area contributed by atoms with Crippen LogP contribution < -0.4 is 9.47 Å². The molecule has 1 saturated heterocycles. The highest BCUT2D eigenvalue weighted by Crippen LogP contribution is 2.32. The minimum Gasteiger partial charge on any atom is -0.493 e. The molecular formula is C16H18N2O4. The Bertz CT molecular complexity index is 675. The number of nitrogens with zero attached hydrogens (tertiary/aromatic N) is 2. The number of likely N-dealkylation sites (tertiary alicyclic amines) is 1. The second-order valence-electron chi connectivity index (χ2n) is 5.15. The maximum absolute atomic E-state index is 12.3. The lowest BCUT2D eigenvalue weighted by Gasteiger charge is -2.12. The number of carbonyl (C=O) groups is 1. The molecule has 22 heavy (non-hydrogen) atoms. The number of ether oxygens (including phenoxy) is 2. The van der Waals surface area contributed by atoms with Crippen molar-refractivity contribution in [2.45, 2.75) is 12.8 Å². The number of carbonyl (C=O) groups excluding carboxylic acids is 1. The average Bonchev–Trinajstić information content (AvgIpc) is 3.25. The molecule has 1 aromatic carbocycles. The maximum Gasteiger partial charge on any atom is 0.276 e. The summed E-state index contributed by atoms with van der Waals surface area (Å²) in [5.41, 5.74) is 1.12. The SMILES string of the molecule is COc1ccc(-c2cc(C(=O)N3CCCC3)no2)cc1OC. The predicted octanol–water partition coefficient (Wildman–Crippen LogP) is 2.59. The molecule has 0 bridgehead atoms. The minimum atomic E-state index is -0.0759. The van der Waals surface area contributed by atoms with Crippen LogP contribution in [0.5, 0.6) is 11.5 Å². The van der Waals surface area contributed by atoms with E-state index in [4.69, 9.17) is 14.0 Å². The second-order valence-corrected chi connectivity index (χ2v) is 5.15. The first-order valence-corrected chi connectivity index (χ1v) is 7.21. The second kappa shape index (κ2) is 6.09. The molecule has 6 heteroatoms. The Morgan fingerprint density at radius 2 is 1.86 bits per heavy atom. The summed E-state index contributed by atoms with van der Waals surface area (Å²) in [4.78, 5) is 14.1. The van der Waals surface area contributed by atoms with E-state index in [0.717, 1.165) is 31.5 Å². The van der Waals surface area contributed by atoms with Gasteiger partial charge < -0.3 is 18.9 Å². The summed E-state index contributed by atoms with van der Waals surface area (Å²) in [7, 11) is 3.16.